The van der Waals surface area contributed by atoms with Crippen molar-refractivity contribution in [2.45, 2.75) is 13.3 Å². The van der Waals surface area contributed by atoms with Crippen LogP contribution in [0.1, 0.15) is 21.6 Å². The lowest BCUT2D eigenvalue weighted by atomic mass is 10.1. The molecule has 3 N–H and O–H groups in total. The molecule has 2 aromatic carbocycles. The predicted molar refractivity (Wildman–Crippen MR) is 86.0 cm³/mol. The summed E-state index contributed by atoms with van der Waals surface area (Å²) in [5.74, 6) is -0.244. The van der Waals surface area contributed by atoms with E-state index in [1.54, 1.807) is 0 Å². The molecule has 5 nitrogen and oxygen atoms in total. The lowest BCUT2D eigenvalue weighted by Gasteiger charge is -2.05. The number of anilines is 1. The molecule has 0 spiro atoms. The van der Waals surface area contributed by atoms with E-state index in [2.05, 4.69) is 15.5 Å². The fourth-order valence-corrected chi connectivity index (χ4v) is 2.38. The molecule has 0 aliphatic carbocycles. The number of aromatic nitrogens is 2. The van der Waals surface area contributed by atoms with Gasteiger partial charge in [0.15, 0.2) is 5.69 Å². The summed E-state index contributed by atoms with van der Waals surface area (Å²) in [7, 11) is 0. The molecule has 112 valence electrons. The summed E-state index contributed by atoms with van der Waals surface area (Å²) in [6.45, 7) is 2.10. The maximum atomic E-state index is 12.4. The van der Waals surface area contributed by atoms with E-state index < -0.39 is 0 Å². The van der Waals surface area contributed by atoms with Crippen LogP contribution in [0.5, 0.6) is 0 Å². The van der Waals surface area contributed by atoms with Gasteiger partial charge in [-0.25, -0.2) is 0 Å². The molecule has 1 heterocycles. The first kappa shape index (κ1) is 14.3. The molecule has 3 aromatic rings. The number of aliphatic hydroxyl groups excluding tert-OH is 1. The number of H-pyrrole nitrogens is 1. The first-order valence-corrected chi connectivity index (χ1v) is 7.13. The first-order chi connectivity index (χ1) is 10.7. The largest absolute Gasteiger partial charge is 0.396 e. The summed E-state index contributed by atoms with van der Waals surface area (Å²) in [4.78, 5) is 12.4. The highest BCUT2D eigenvalue weighted by atomic mass is 16.3. The van der Waals surface area contributed by atoms with Crippen LogP contribution in [-0.2, 0) is 6.42 Å². The number of aromatic amines is 1. The average molecular weight is 295 g/mol. The van der Waals surface area contributed by atoms with Crippen molar-refractivity contribution in [2.24, 2.45) is 0 Å². The second-order valence-electron chi connectivity index (χ2n) is 5.25. The van der Waals surface area contributed by atoms with E-state index in [1.165, 1.54) is 0 Å². The van der Waals surface area contributed by atoms with Gasteiger partial charge >= 0.3 is 0 Å². The number of carbonyl (C=O) groups is 1. The summed E-state index contributed by atoms with van der Waals surface area (Å²) >= 11 is 0. The van der Waals surface area contributed by atoms with Crippen LogP contribution in [0, 0.1) is 6.92 Å². The van der Waals surface area contributed by atoms with Crippen LogP contribution in [0.4, 0.5) is 5.69 Å². The fourth-order valence-electron chi connectivity index (χ4n) is 2.38. The van der Waals surface area contributed by atoms with Gasteiger partial charge < -0.3 is 10.4 Å². The minimum atomic E-state index is -0.244. The molecular weight excluding hydrogens is 278 g/mol. The van der Waals surface area contributed by atoms with Crippen molar-refractivity contribution in [3.63, 3.8) is 0 Å². The van der Waals surface area contributed by atoms with Gasteiger partial charge in [0.25, 0.3) is 5.91 Å². The molecule has 1 aromatic heterocycles. The molecule has 22 heavy (non-hydrogen) atoms. The number of aliphatic hydroxyl groups is 1. The smallest absolute Gasteiger partial charge is 0.276 e. The number of amides is 1. The van der Waals surface area contributed by atoms with Gasteiger partial charge in [-0.05, 0) is 43.2 Å². The Bertz CT molecular complexity index is 806. The summed E-state index contributed by atoms with van der Waals surface area (Å²) in [5, 5.41) is 19.5. The van der Waals surface area contributed by atoms with Crippen LogP contribution < -0.4 is 5.32 Å². The lowest BCUT2D eigenvalue weighted by molar-refractivity contribution is 0.102. The van der Waals surface area contributed by atoms with Crippen molar-refractivity contribution < 1.29 is 9.90 Å². The Labute approximate surface area is 128 Å². The Morgan fingerprint density at radius 2 is 2.00 bits per heavy atom. The molecular formula is C17H17N3O2. The van der Waals surface area contributed by atoms with Gasteiger partial charge in [-0.3, -0.25) is 9.89 Å². The summed E-state index contributed by atoms with van der Waals surface area (Å²) in [6.07, 6.45) is 0.609. The lowest BCUT2D eigenvalue weighted by Crippen LogP contribution is -2.12. The van der Waals surface area contributed by atoms with Crippen molar-refractivity contribution in [1.29, 1.82) is 0 Å². The fraction of sp³-hybridized carbons (Fsp3) is 0.176. The SMILES string of the molecule is Cc1ccc2[nH]nc(C(=O)Nc3ccc(CCO)cc3)c2c1. The Hall–Kier alpha value is -2.66. The number of fused-ring (bicyclic) bond motifs is 1. The molecule has 5 heteroatoms. The number of nitrogens with zero attached hydrogens (tertiary/aromatic N) is 1. The minimum Gasteiger partial charge on any atom is -0.396 e. The minimum absolute atomic E-state index is 0.115. The molecule has 0 saturated heterocycles. The van der Waals surface area contributed by atoms with Crippen LogP contribution in [0.25, 0.3) is 10.9 Å². The quantitative estimate of drug-likeness (QED) is 0.692. The summed E-state index contributed by atoms with van der Waals surface area (Å²) in [5.41, 5.74) is 4.04. The van der Waals surface area contributed by atoms with E-state index in [0.717, 1.165) is 22.0 Å². The first-order valence-electron chi connectivity index (χ1n) is 7.13. The molecule has 0 radical (unpaired) electrons. The topological polar surface area (TPSA) is 78.0 Å². The number of carbonyl (C=O) groups excluding carboxylic acids is 1. The Kier molecular flexibility index (Phi) is 3.89. The highest BCUT2D eigenvalue weighted by Crippen LogP contribution is 2.19. The second kappa shape index (κ2) is 5.99. The van der Waals surface area contributed by atoms with Gasteiger partial charge in [-0.2, -0.15) is 5.10 Å². The van der Waals surface area contributed by atoms with E-state index in [0.29, 0.717) is 17.8 Å². The Morgan fingerprint density at radius 3 is 2.73 bits per heavy atom. The highest BCUT2D eigenvalue weighted by Gasteiger charge is 2.14. The summed E-state index contributed by atoms with van der Waals surface area (Å²) < 4.78 is 0. The van der Waals surface area contributed by atoms with Crippen LogP contribution in [0.2, 0.25) is 0 Å². The molecule has 1 amide bonds. The molecule has 0 atom stereocenters. The second-order valence-corrected chi connectivity index (χ2v) is 5.25. The monoisotopic (exact) mass is 295 g/mol. The third kappa shape index (κ3) is 2.84. The molecule has 0 saturated carbocycles. The van der Waals surface area contributed by atoms with Crippen LogP contribution in [0.15, 0.2) is 42.5 Å². The van der Waals surface area contributed by atoms with E-state index >= 15 is 0 Å². The summed E-state index contributed by atoms with van der Waals surface area (Å²) in [6, 6.07) is 13.3. The third-order valence-corrected chi connectivity index (χ3v) is 3.55. The molecule has 0 unspecified atom stereocenters. The van der Waals surface area contributed by atoms with Gasteiger partial charge in [-0.15, -0.1) is 0 Å². The molecule has 3 rings (SSSR count). The highest BCUT2D eigenvalue weighted by molar-refractivity contribution is 6.11. The number of nitrogens with one attached hydrogen (secondary N) is 2. The maximum Gasteiger partial charge on any atom is 0.276 e. The zero-order valence-corrected chi connectivity index (χ0v) is 12.3. The van der Waals surface area contributed by atoms with Crippen molar-refractivity contribution in [1.82, 2.24) is 10.2 Å². The van der Waals surface area contributed by atoms with Gasteiger partial charge in [0, 0.05) is 17.7 Å². The van der Waals surface area contributed by atoms with Crippen molar-refractivity contribution in [3.05, 3.63) is 59.3 Å². The van der Waals surface area contributed by atoms with Gasteiger partial charge in [-0.1, -0.05) is 23.8 Å². The normalized spacial score (nSPS) is 10.8. The van der Waals surface area contributed by atoms with Gasteiger partial charge in [0.1, 0.15) is 0 Å². The standard InChI is InChI=1S/C17H17N3O2/c1-11-2-7-15-14(10-11)16(20-19-15)17(22)18-13-5-3-12(4-6-13)8-9-21/h2-7,10,21H,8-9H2,1H3,(H,18,22)(H,19,20). The predicted octanol–water partition coefficient (Wildman–Crippen LogP) is 2.66. The van der Waals surface area contributed by atoms with E-state index in [4.69, 9.17) is 5.11 Å². The average Bonchev–Trinajstić information content (AvgIpc) is 2.92. The van der Waals surface area contributed by atoms with E-state index in [-0.39, 0.29) is 12.5 Å². The van der Waals surface area contributed by atoms with E-state index in [1.807, 2.05) is 49.4 Å². The van der Waals surface area contributed by atoms with Crippen LogP contribution in [-0.4, -0.2) is 27.8 Å². The van der Waals surface area contributed by atoms with Crippen molar-refractivity contribution in [3.8, 4) is 0 Å². The number of aryl methyl sites for hydroxylation is 1. The van der Waals surface area contributed by atoms with Crippen LogP contribution >= 0.6 is 0 Å². The van der Waals surface area contributed by atoms with Gasteiger partial charge in [0.05, 0.1) is 5.52 Å². The van der Waals surface area contributed by atoms with Crippen molar-refractivity contribution >= 4 is 22.5 Å². The zero-order chi connectivity index (χ0) is 15.5. The molecule has 0 fully saturated rings. The molecule has 0 bridgehead atoms. The molecule has 0 aliphatic rings. The van der Waals surface area contributed by atoms with Crippen molar-refractivity contribution in [2.75, 3.05) is 11.9 Å². The Balaban J connectivity index is 1.82. The zero-order valence-electron chi connectivity index (χ0n) is 12.3. The Morgan fingerprint density at radius 1 is 1.23 bits per heavy atom. The number of benzene rings is 2. The molecule has 0 aliphatic heterocycles. The van der Waals surface area contributed by atoms with Gasteiger partial charge in [0.2, 0.25) is 0 Å². The van der Waals surface area contributed by atoms with E-state index in [9.17, 15) is 4.79 Å². The number of hydrogen-bond acceptors (Lipinski definition) is 3. The van der Waals surface area contributed by atoms with Crippen LogP contribution in [0.3, 0.4) is 0 Å². The number of rotatable bonds is 4. The third-order valence-electron chi connectivity index (χ3n) is 3.55. The number of hydrogen-bond donors (Lipinski definition) is 3. The maximum absolute atomic E-state index is 12.4.